The van der Waals surface area contributed by atoms with E-state index in [2.05, 4.69) is 12.2 Å². The Balaban J connectivity index is 2.41. The number of nitrogens with one attached hydrogen (secondary N) is 1. The van der Waals surface area contributed by atoms with E-state index in [4.69, 9.17) is 15.2 Å². The standard InChI is InChI=1S/C22H37N3O4/c1-15-13-25(16(2)14-26)22(27)19-11-18(23)8-9-20(19)29-17(3)7-5-6-10-28-21(15)12-24-4/h8-9,11,15-17,21,24,26H,5-7,10,12-14,23H2,1-4H3/t15-,16+,17+,21-/m0/s1. The van der Waals surface area contributed by atoms with Crippen molar-refractivity contribution in [1.82, 2.24) is 10.2 Å². The largest absolute Gasteiger partial charge is 0.490 e. The number of fused-ring (bicyclic) bond motifs is 1. The molecule has 1 aliphatic rings. The molecule has 1 aromatic rings. The van der Waals surface area contributed by atoms with Crippen LogP contribution in [0.5, 0.6) is 5.75 Å². The summed E-state index contributed by atoms with van der Waals surface area (Å²) < 4.78 is 12.2. The van der Waals surface area contributed by atoms with Crippen molar-refractivity contribution in [3.63, 3.8) is 0 Å². The Bertz CT molecular complexity index is 655. The number of nitrogen functional groups attached to an aromatic ring is 1. The summed E-state index contributed by atoms with van der Waals surface area (Å²) in [6, 6.07) is 4.85. The summed E-state index contributed by atoms with van der Waals surface area (Å²) in [7, 11) is 1.90. The number of nitrogens with two attached hydrogens (primary N) is 1. The molecule has 0 bridgehead atoms. The molecule has 4 atom stereocenters. The monoisotopic (exact) mass is 407 g/mol. The lowest BCUT2D eigenvalue weighted by molar-refractivity contribution is -0.000449. The van der Waals surface area contributed by atoms with Crippen molar-refractivity contribution in [2.75, 3.05) is 39.1 Å². The fourth-order valence-electron chi connectivity index (χ4n) is 3.63. The van der Waals surface area contributed by atoms with E-state index in [0.29, 0.717) is 36.7 Å². The first-order valence-corrected chi connectivity index (χ1v) is 10.6. The molecule has 29 heavy (non-hydrogen) atoms. The van der Waals surface area contributed by atoms with Gasteiger partial charge in [-0.05, 0) is 58.4 Å². The van der Waals surface area contributed by atoms with E-state index in [1.165, 1.54) is 0 Å². The molecule has 1 aromatic carbocycles. The summed E-state index contributed by atoms with van der Waals surface area (Å²) in [5.41, 5.74) is 6.93. The van der Waals surface area contributed by atoms with Crippen molar-refractivity contribution in [3.05, 3.63) is 23.8 Å². The van der Waals surface area contributed by atoms with Crippen LogP contribution >= 0.6 is 0 Å². The third kappa shape index (κ3) is 6.59. The molecule has 0 radical (unpaired) electrons. The SMILES string of the molecule is CNC[C@@H]1OCCCC[C@@H](C)Oc2ccc(N)cc2C(=O)N([C@H](C)CO)C[C@@H]1C. The smallest absolute Gasteiger partial charge is 0.258 e. The first-order chi connectivity index (χ1) is 13.9. The molecule has 164 valence electrons. The summed E-state index contributed by atoms with van der Waals surface area (Å²) in [6.07, 6.45) is 2.80. The Kier molecular flexibility index (Phi) is 9.20. The minimum Gasteiger partial charge on any atom is -0.490 e. The van der Waals surface area contributed by atoms with Gasteiger partial charge in [-0.1, -0.05) is 6.92 Å². The fraction of sp³-hybridized carbons (Fsp3) is 0.682. The molecule has 0 aromatic heterocycles. The van der Waals surface area contributed by atoms with E-state index in [0.717, 1.165) is 19.3 Å². The number of nitrogens with zero attached hydrogens (tertiary/aromatic N) is 1. The summed E-state index contributed by atoms with van der Waals surface area (Å²) in [5, 5.41) is 13.0. The summed E-state index contributed by atoms with van der Waals surface area (Å²) in [5.74, 6) is 0.445. The minimum absolute atomic E-state index is 0.0156. The van der Waals surface area contributed by atoms with Gasteiger partial charge >= 0.3 is 0 Å². The van der Waals surface area contributed by atoms with Crippen molar-refractivity contribution in [2.24, 2.45) is 5.92 Å². The zero-order chi connectivity index (χ0) is 21.4. The molecule has 2 rings (SSSR count). The highest BCUT2D eigenvalue weighted by Gasteiger charge is 2.29. The zero-order valence-electron chi connectivity index (χ0n) is 18.2. The van der Waals surface area contributed by atoms with E-state index < -0.39 is 0 Å². The Morgan fingerprint density at radius 1 is 1.34 bits per heavy atom. The Labute approximate surface area is 174 Å². The molecule has 1 heterocycles. The molecule has 0 saturated carbocycles. The highest BCUT2D eigenvalue weighted by Crippen LogP contribution is 2.27. The number of ether oxygens (including phenoxy) is 2. The number of likely N-dealkylation sites (N-methyl/N-ethyl adjacent to an activating group) is 1. The van der Waals surface area contributed by atoms with Crippen LogP contribution in [-0.4, -0.2) is 67.5 Å². The molecule has 0 fully saturated rings. The molecule has 0 saturated heterocycles. The molecule has 4 N–H and O–H groups in total. The molecule has 7 nitrogen and oxygen atoms in total. The number of aliphatic hydroxyl groups is 1. The normalized spacial score (nSPS) is 25.6. The van der Waals surface area contributed by atoms with Crippen LogP contribution in [0.1, 0.15) is 50.4 Å². The number of hydrogen-bond acceptors (Lipinski definition) is 6. The van der Waals surface area contributed by atoms with Gasteiger partial charge in [0.05, 0.1) is 30.4 Å². The molecule has 0 unspecified atom stereocenters. The number of carbonyl (C=O) groups excluding carboxylic acids is 1. The Hall–Kier alpha value is -1.83. The van der Waals surface area contributed by atoms with Gasteiger partial charge in [0, 0.05) is 31.3 Å². The Morgan fingerprint density at radius 2 is 2.10 bits per heavy atom. The maximum atomic E-state index is 13.5. The lowest BCUT2D eigenvalue weighted by Gasteiger charge is -2.34. The van der Waals surface area contributed by atoms with Gasteiger partial charge < -0.3 is 30.5 Å². The highest BCUT2D eigenvalue weighted by atomic mass is 16.5. The van der Waals surface area contributed by atoms with Crippen LogP contribution in [-0.2, 0) is 4.74 Å². The van der Waals surface area contributed by atoms with Crippen LogP contribution in [0, 0.1) is 5.92 Å². The van der Waals surface area contributed by atoms with Crippen LogP contribution in [0.25, 0.3) is 0 Å². The van der Waals surface area contributed by atoms with Crippen molar-refractivity contribution >= 4 is 11.6 Å². The minimum atomic E-state index is -0.334. The maximum absolute atomic E-state index is 13.5. The molecule has 0 spiro atoms. The van der Waals surface area contributed by atoms with Crippen molar-refractivity contribution < 1.29 is 19.4 Å². The first-order valence-electron chi connectivity index (χ1n) is 10.6. The molecule has 1 amide bonds. The number of aliphatic hydroxyl groups excluding tert-OH is 1. The third-order valence-corrected chi connectivity index (χ3v) is 5.48. The summed E-state index contributed by atoms with van der Waals surface area (Å²) in [6.45, 7) is 7.67. The number of rotatable bonds is 4. The molecule has 0 aliphatic carbocycles. The van der Waals surface area contributed by atoms with Gasteiger partial charge in [0.2, 0.25) is 0 Å². The molecular weight excluding hydrogens is 370 g/mol. The fourth-order valence-corrected chi connectivity index (χ4v) is 3.63. The van der Waals surface area contributed by atoms with Crippen molar-refractivity contribution in [1.29, 1.82) is 0 Å². The van der Waals surface area contributed by atoms with E-state index >= 15 is 0 Å². The zero-order valence-corrected chi connectivity index (χ0v) is 18.2. The van der Waals surface area contributed by atoms with Gasteiger partial charge in [0.25, 0.3) is 5.91 Å². The molecule has 7 heteroatoms. The summed E-state index contributed by atoms with van der Waals surface area (Å²) in [4.78, 5) is 15.2. The van der Waals surface area contributed by atoms with Crippen LogP contribution < -0.4 is 15.8 Å². The van der Waals surface area contributed by atoms with Gasteiger partial charge in [0.1, 0.15) is 5.75 Å². The number of benzene rings is 1. The number of carbonyl (C=O) groups is 1. The highest BCUT2D eigenvalue weighted by molar-refractivity contribution is 5.98. The number of anilines is 1. The predicted octanol–water partition coefficient (Wildman–Crippen LogP) is 2.28. The van der Waals surface area contributed by atoms with E-state index in [1.807, 2.05) is 20.9 Å². The van der Waals surface area contributed by atoms with Gasteiger partial charge in [-0.25, -0.2) is 0 Å². The quantitative estimate of drug-likeness (QED) is 0.663. The van der Waals surface area contributed by atoms with E-state index in [-0.39, 0.29) is 36.7 Å². The maximum Gasteiger partial charge on any atom is 0.258 e. The lowest BCUT2D eigenvalue weighted by Crippen LogP contribution is -2.47. The average Bonchev–Trinajstić information content (AvgIpc) is 2.70. The Morgan fingerprint density at radius 3 is 2.79 bits per heavy atom. The van der Waals surface area contributed by atoms with Crippen molar-refractivity contribution in [3.8, 4) is 5.75 Å². The van der Waals surface area contributed by atoms with Crippen molar-refractivity contribution in [2.45, 2.75) is 58.3 Å². The van der Waals surface area contributed by atoms with Crippen LogP contribution in [0.2, 0.25) is 0 Å². The second kappa shape index (κ2) is 11.4. The topological polar surface area (TPSA) is 97.0 Å². The van der Waals surface area contributed by atoms with Gasteiger partial charge in [-0.2, -0.15) is 0 Å². The van der Waals surface area contributed by atoms with Gasteiger partial charge in [-0.3, -0.25) is 4.79 Å². The third-order valence-electron chi connectivity index (χ3n) is 5.48. The van der Waals surface area contributed by atoms with Crippen LogP contribution in [0.3, 0.4) is 0 Å². The average molecular weight is 408 g/mol. The molecule has 1 aliphatic heterocycles. The van der Waals surface area contributed by atoms with Crippen LogP contribution in [0.15, 0.2) is 18.2 Å². The lowest BCUT2D eigenvalue weighted by atomic mass is 10.0. The predicted molar refractivity (Wildman–Crippen MR) is 115 cm³/mol. The number of hydrogen-bond donors (Lipinski definition) is 3. The van der Waals surface area contributed by atoms with E-state index in [9.17, 15) is 9.90 Å². The summed E-state index contributed by atoms with van der Waals surface area (Å²) >= 11 is 0. The van der Waals surface area contributed by atoms with E-state index in [1.54, 1.807) is 23.1 Å². The van der Waals surface area contributed by atoms with Gasteiger partial charge in [0.15, 0.2) is 0 Å². The second-order valence-electron chi connectivity index (χ2n) is 8.11. The van der Waals surface area contributed by atoms with Crippen LogP contribution in [0.4, 0.5) is 5.69 Å². The van der Waals surface area contributed by atoms with Gasteiger partial charge in [-0.15, -0.1) is 0 Å². The number of amides is 1. The molecular formula is C22H37N3O4. The second-order valence-corrected chi connectivity index (χ2v) is 8.11. The first kappa shape index (κ1) is 23.4.